The molecule has 3 heteroatoms. The third-order valence-corrected chi connectivity index (χ3v) is 2.19. The molecule has 1 amide bonds. The van der Waals surface area contributed by atoms with Gasteiger partial charge in [0.25, 0.3) is 5.91 Å². The molecule has 15 heavy (non-hydrogen) atoms. The number of phenols is 1. The first-order chi connectivity index (χ1) is 7.06. The molecule has 0 aliphatic heterocycles. The van der Waals surface area contributed by atoms with E-state index >= 15 is 0 Å². The van der Waals surface area contributed by atoms with Crippen molar-refractivity contribution in [3.8, 4) is 5.75 Å². The predicted octanol–water partition coefficient (Wildman–Crippen LogP) is 1.96. The minimum atomic E-state index is -0.0626. The van der Waals surface area contributed by atoms with E-state index in [9.17, 15) is 9.90 Å². The molecular formula is C12H15NO2. The fraction of sp³-hybridized carbons (Fsp3) is 0.250. The number of likely N-dealkylation sites (N-methyl/N-ethyl adjacent to an activating group) is 1. The van der Waals surface area contributed by atoms with Gasteiger partial charge < -0.3 is 10.0 Å². The van der Waals surface area contributed by atoms with Gasteiger partial charge in [0.15, 0.2) is 0 Å². The largest absolute Gasteiger partial charge is 0.508 e. The van der Waals surface area contributed by atoms with Crippen LogP contribution in [0.5, 0.6) is 5.75 Å². The second kappa shape index (κ2) is 4.64. The van der Waals surface area contributed by atoms with E-state index in [2.05, 4.69) is 6.58 Å². The molecule has 1 aromatic rings. The maximum Gasteiger partial charge on any atom is 0.254 e. The summed E-state index contributed by atoms with van der Waals surface area (Å²) in [5.74, 6) is 0.114. The maximum absolute atomic E-state index is 11.9. The molecule has 0 aliphatic rings. The van der Waals surface area contributed by atoms with Gasteiger partial charge in [0.2, 0.25) is 0 Å². The van der Waals surface area contributed by atoms with Crippen LogP contribution in [-0.2, 0) is 0 Å². The Kier molecular flexibility index (Phi) is 3.50. The van der Waals surface area contributed by atoms with Gasteiger partial charge in [-0.2, -0.15) is 0 Å². The van der Waals surface area contributed by atoms with E-state index in [0.717, 1.165) is 5.56 Å². The first-order valence-corrected chi connectivity index (χ1v) is 4.72. The van der Waals surface area contributed by atoms with E-state index in [0.29, 0.717) is 12.1 Å². The highest BCUT2D eigenvalue weighted by Gasteiger charge is 2.12. The van der Waals surface area contributed by atoms with Crippen molar-refractivity contribution in [3.63, 3.8) is 0 Å². The van der Waals surface area contributed by atoms with Crippen molar-refractivity contribution >= 4 is 5.91 Å². The van der Waals surface area contributed by atoms with Crippen LogP contribution in [0.1, 0.15) is 15.9 Å². The van der Waals surface area contributed by atoms with Gasteiger partial charge in [-0.05, 0) is 30.7 Å². The number of aryl methyl sites for hydroxylation is 1. The molecule has 80 valence electrons. The van der Waals surface area contributed by atoms with E-state index in [1.807, 2.05) is 0 Å². The third kappa shape index (κ3) is 2.59. The molecule has 0 aromatic heterocycles. The first kappa shape index (κ1) is 11.3. The van der Waals surface area contributed by atoms with Crippen LogP contribution in [0.15, 0.2) is 30.9 Å². The number of phenolic OH excluding ortho intramolecular Hbond substituents is 1. The molecule has 0 unspecified atom stereocenters. The molecule has 0 atom stereocenters. The Morgan fingerprint density at radius 2 is 2.27 bits per heavy atom. The summed E-state index contributed by atoms with van der Waals surface area (Å²) in [5, 5.41) is 9.22. The van der Waals surface area contributed by atoms with Crippen LogP contribution in [0.4, 0.5) is 0 Å². The zero-order valence-electron chi connectivity index (χ0n) is 9.03. The Bertz CT molecular complexity index is 385. The summed E-state index contributed by atoms with van der Waals surface area (Å²) >= 11 is 0. The Balaban J connectivity index is 2.96. The second-order valence-electron chi connectivity index (χ2n) is 3.47. The average molecular weight is 205 g/mol. The van der Waals surface area contributed by atoms with Gasteiger partial charge in [-0.1, -0.05) is 6.08 Å². The quantitative estimate of drug-likeness (QED) is 0.766. The number of hydrogen-bond donors (Lipinski definition) is 1. The van der Waals surface area contributed by atoms with Crippen LogP contribution in [0, 0.1) is 6.92 Å². The highest BCUT2D eigenvalue weighted by atomic mass is 16.3. The number of amides is 1. The molecule has 0 spiro atoms. The van der Waals surface area contributed by atoms with Gasteiger partial charge in [-0.3, -0.25) is 4.79 Å². The molecule has 3 nitrogen and oxygen atoms in total. The van der Waals surface area contributed by atoms with E-state index in [4.69, 9.17) is 0 Å². The van der Waals surface area contributed by atoms with Gasteiger partial charge in [-0.15, -0.1) is 6.58 Å². The number of aromatic hydroxyl groups is 1. The van der Waals surface area contributed by atoms with Crippen molar-refractivity contribution < 1.29 is 9.90 Å². The van der Waals surface area contributed by atoms with Crippen molar-refractivity contribution in [1.82, 2.24) is 4.90 Å². The molecule has 0 aliphatic carbocycles. The van der Waals surface area contributed by atoms with Gasteiger partial charge in [0, 0.05) is 19.2 Å². The number of carbonyl (C=O) groups is 1. The SMILES string of the molecule is C=CCN(C)C(=O)c1ccc(O)cc1C. The molecule has 0 bridgehead atoms. The van der Waals surface area contributed by atoms with Gasteiger partial charge in [0.1, 0.15) is 5.75 Å². The van der Waals surface area contributed by atoms with Crippen LogP contribution in [0.3, 0.4) is 0 Å². The number of carbonyl (C=O) groups excluding carboxylic acids is 1. The Labute approximate surface area is 89.6 Å². The smallest absolute Gasteiger partial charge is 0.254 e. The zero-order chi connectivity index (χ0) is 11.4. The normalized spacial score (nSPS) is 9.73. The molecule has 1 N–H and O–H groups in total. The molecule has 1 rings (SSSR count). The molecule has 0 heterocycles. The summed E-state index contributed by atoms with van der Waals surface area (Å²) < 4.78 is 0. The predicted molar refractivity (Wildman–Crippen MR) is 60.0 cm³/mol. The highest BCUT2D eigenvalue weighted by molar-refractivity contribution is 5.95. The van der Waals surface area contributed by atoms with E-state index in [-0.39, 0.29) is 11.7 Å². The fourth-order valence-electron chi connectivity index (χ4n) is 1.37. The van der Waals surface area contributed by atoms with Crippen LogP contribution >= 0.6 is 0 Å². The molecule has 0 saturated heterocycles. The van der Waals surface area contributed by atoms with Gasteiger partial charge in [-0.25, -0.2) is 0 Å². The summed E-state index contributed by atoms with van der Waals surface area (Å²) in [6, 6.07) is 4.73. The summed E-state index contributed by atoms with van der Waals surface area (Å²) in [4.78, 5) is 13.4. The Morgan fingerprint density at radius 3 is 2.80 bits per heavy atom. The first-order valence-electron chi connectivity index (χ1n) is 4.72. The van der Waals surface area contributed by atoms with Crippen LogP contribution in [-0.4, -0.2) is 29.5 Å². The molecular weight excluding hydrogens is 190 g/mol. The minimum Gasteiger partial charge on any atom is -0.508 e. The summed E-state index contributed by atoms with van der Waals surface area (Å²) in [5.41, 5.74) is 1.38. The fourth-order valence-corrected chi connectivity index (χ4v) is 1.37. The van der Waals surface area contributed by atoms with Crippen molar-refractivity contribution in [3.05, 3.63) is 42.0 Å². The monoisotopic (exact) mass is 205 g/mol. The van der Waals surface area contributed by atoms with E-state index in [1.54, 1.807) is 37.1 Å². The standard InChI is InChI=1S/C12H15NO2/c1-4-7-13(3)12(15)11-6-5-10(14)8-9(11)2/h4-6,8,14H,1,7H2,2-3H3. The van der Waals surface area contributed by atoms with Crippen molar-refractivity contribution in [2.75, 3.05) is 13.6 Å². The topological polar surface area (TPSA) is 40.5 Å². The summed E-state index contributed by atoms with van der Waals surface area (Å²) in [6.07, 6.45) is 1.67. The van der Waals surface area contributed by atoms with Crippen LogP contribution in [0.2, 0.25) is 0 Å². The third-order valence-electron chi connectivity index (χ3n) is 2.19. The molecule has 0 radical (unpaired) electrons. The maximum atomic E-state index is 11.9. The molecule has 0 fully saturated rings. The van der Waals surface area contributed by atoms with Crippen LogP contribution < -0.4 is 0 Å². The van der Waals surface area contributed by atoms with Crippen molar-refractivity contribution in [2.45, 2.75) is 6.92 Å². The Hall–Kier alpha value is -1.77. The van der Waals surface area contributed by atoms with Crippen molar-refractivity contribution in [2.24, 2.45) is 0 Å². The lowest BCUT2D eigenvalue weighted by Gasteiger charge is -2.16. The lowest BCUT2D eigenvalue weighted by atomic mass is 10.1. The molecule has 0 saturated carbocycles. The second-order valence-corrected chi connectivity index (χ2v) is 3.47. The lowest BCUT2D eigenvalue weighted by molar-refractivity contribution is 0.0809. The minimum absolute atomic E-state index is 0.0626. The Morgan fingerprint density at radius 1 is 1.60 bits per heavy atom. The lowest BCUT2D eigenvalue weighted by Crippen LogP contribution is -2.27. The number of benzene rings is 1. The zero-order valence-corrected chi connectivity index (χ0v) is 9.03. The molecule has 1 aromatic carbocycles. The van der Waals surface area contributed by atoms with E-state index < -0.39 is 0 Å². The number of rotatable bonds is 3. The van der Waals surface area contributed by atoms with Gasteiger partial charge >= 0.3 is 0 Å². The van der Waals surface area contributed by atoms with E-state index in [1.165, 1.54) is 6.07 Å². The average Bonchev–Trinajstić information content (AvgIpc) is 2.17. The summed E-state index contributed by atoms with van der Waals surface area (Å²) in [7, 11) is 1.72. The summed E-state index contributed by atoms with van der Waals surface area (Å²) in [6.45, 7) is 5.89. The van der Waals surface area contributed by atoms with Gasteiger partial charge in [0.05, 0.1) is 0 Å². The van der Waals surface area contributed by atoms with Crippen LogP contribution in [0.25, 0.3) is 0 Å². The van der Waals surface area contributed by atoms with Crippen molar-refractivity contribution in [1.29, 1.82) is 0 Å². The highest BCUT2D eigenvalue weighted by Crippen LogP contribution is 2.16. The number of nitrogens with zero attached hydrogens (tertiary/aromatic N) is 1. The number of hydrogen-bond acceptors (Lipinski definition) is 2.